The minimum atomic E-state index is -0.741. The Labute approximate surface area is 41.3 Å². The van der Waals surface area contributed by atoms with Gasteiger partial charge in [0.2, 0.25) is 0 Å². The fourth-order valence-corrected chi connectivity index (χ4v) is 0.101. The van der Waals surface area contributed by atoms with Gasteiger partial charge in [-0.15, -0.1) is 0 Å². The predicted octanol–water partition coefficient (Wildman–Crippen LogP) is -0.323. The van der Waals surface area contributed by atoms with Crippen LogP contribution in [0.5, 0.6) is 0 Å². The smallest absolute Gasteiger partial charge is 0.266 e. The molecule has 0 aromatic carbocycles. The first-order valence-corrected chi connectivity index (χ1v) is 1.69. The Morgan fingerprint density at radius 3 is 2.29 bits per heavy atom. The first-order chi connectivity index (χ1) is 3.18. The molecule has 0 unspecified atom stereocenters. The van der Waals surface area contributed by atoms with Crippen molar-refractivity contribution in [3.63, 3.8) is 0 Å². The summed E-state index contributed by atoms with van der Waals surface area (Å²) >= 11 is 0. The van der Waals surface area contributed by atoms with E-state index in [4.69, 9.17) is 5.41 Å². The number of hydrogen-bond donors (Lipinski definition) is 2. The Kier molecular flexibility index (Phi) is 1.78. The van der Waals surface area contributed by atoms with Crippen molar-refractivity contribution >= 4 is 11.6 Å². The first kappa shape index (κ1) is 5.88. The van der Waals surface area contributed by atoms with Crippen LogP contribution in [0, 0.1) is 5.41 Å². The molecule has 0 saturated carbocycles. The number of amides is 1. The zero-order valence-electron chi connectivity index (χ0n) is 3.77. The molecule has 0 heterocycles. The highest BCUT2D eigenvalue weighted by molar-refractivity contribution is 6.41. The highest BCUT2D eigenvalue weighted by Gasteiger charge is 1.93. The number of nitrogens with two attached hydrogens (primary N) is 1. The van der Waals surface area contributed by atoms with E-state index in [-0.39, 0.29) is 5.71 Å². The van der Waals surface area contributed by atoms with Gasteiger partial charge >= 0.3 is 0 Å². The minimum Gasteiger partial charge on any atom is -0.364 e. The molecule has 7 heavy (non-hydrogen) atoms. The van der Waals surface area contributed by atoms with Crippen LogP contribution in [0.4, 0.5) is 0 Å². The highest BCUT2D eigenvalue weighted by Crippen LogP contribution is 1.67. The van der Waals surface area contributed by atoms with Crippen LogP contribution in [0.1, 0.15) is 0 Å². The third-order valence-corrected chi connectivity index (χ3v) is 0.470. The maximum atomic E-state index is 9.86. The third kappa shape index (κ3) is 1.70. The largest absolute Gasteiger partial charge is 0.364 e. The zero-order chi connectivity index (χ0) is 5.86. The molecule has 3 nitrogen and oxygen atoms in total. The molecule has 0 aliphatic rings. The summed E-state index contributed by atoms with van der Waals surface area (Å²) in [6.45, 7) is 3.16. The van der Waals surface area contributed by atoms with Gasteiger partial charge in [-0.25, -0.2) is 0 Å². The first-order valence-electron chi connectivity index (χ1n) is 1.69. The molecule has 0 atom stereocenters. The van der Waals surface area contributed by atoms with Crippen molar-refractivity contribution < 1.29 is 4.79 Å². The van der Waals surface area contributed by atoms with Crippen LogP contribution in [0.15, 0.2) is 12.7 Å². The second kappa shape index (κ2) is 2.12. The van der Waals surface area contributed by atoms with Crippen molar-refractivity contribution in [2.75, 3.05) is 0 Å². The van der Waals surface area contributed by atoms with E-state index >= 15 is 0 Å². The summed E-state index contributed by atoms with van der Waals surface area (Å²) in [5, 5.41) is 6.60. The van der Waals surface area contributed by atoms with Crippen LogP contribution >= 0.6 is 0 Å². The van der Waals surface area contributed by atoms with Crippen molar-refractivity contribution in [2.45, 2.75) is 0 Å². The standard InChI is InChI=1S/C4H6N2O/c1-2-3(5)4(6)7/h2,5H,1H2,(H2,6,7). The Hall–Kier alpha value is -1.12. The number of carbonyl (C=O) groups excluding carboxylic acids is 1. The average Bonchev–Trinajstić information content (AvgIpc) is 1.65. The van der Waals surface area contributed by atoms with Crippen LogP contribution < -0.4 is 5.73 Å². The third-order valence-electron chi connectivity index (χ3n) is 0.470. The number of carbonyl (C=O) groups is 1. The number of nitrogens with one attached hydrogen (secondary N) is 1. The number of rotatable bonds is 2. The van der Waals surface area contributed by atoms with Crippen LogP contribution in [-0.4, -0.2) is 11.6 Å². The molecule has 0 fully saturated rings. The Bertz CT molecular complexity index is 117. The normalized spacial score (nSPS) is 7.43. The van der Waals surface area contributed by atoms with Gasteiger partial charge in [-0.2, -0.15) is 0 Å². The van der Waals surface area contributed by atoms with E-state index in [9.17, 15) is 4.79 Å². The van der Waals surface area contributed by atoms with Gasteiger partial charge in [0.05, 0.1) is 0 Å². The molecule has 3 N–H and O–H groups in total. The summed E-state index contributed by atoms with van der Waals surface area (Å²) in [7, 11) is 0. The molecule has 0 saturated heterocycles. The van der Waals surface area contributed by atoms with Gasteiger partial charge in [-0.1, -0.05) is 6.58 Å². The van der Waals surface area contributed by atoms with Gasteiger partial charge in [-0.05, 0) is 6.08 Å². The molecular formula is C4H6N2O. The van der Waals surface area contributed by atoms with Crippen LogP contribution in [0.3, 0.4) is 0 Å². The van der Waals surface area contributed by atoms with Gasteiger partial charge in [0.1, 0.15) is 5.71 Å². The maximum absolute atomic E-state index is 9.86. The highest BCUT2D eigenvalue weighted by atomic mass is 16.1. The second-order valence-corrected chi connectivity index (χ2v) is 0.982. The minimum absolute atomic E-state index is 0.250. The van der Waals surface area contributed by atoms with Gasteiger partial charge in [-0.3, -0.25) is 10.2 Å². The van der Waals surface area contributed by atoms with E-state index in [2.05, 4.69) is 12.3 Å². The molecule has 38 valence electrons. The SMILES string of the molecule is C=CC(=N)C(N)=O. The molecule has 0 rings (SSSR count). The van der Waals surface area contributed by atoms with Crippen LogP contribution in [0.2, 0.25) is 0 Å². The number of primary amides is 1. The van der Waals surface area contributed by atoms with Crippen molar-refractivity contribution in [2.24, 2.45) is 5.73 Å². The molecule has 0 aromatic rings. The van der Waals surface area contributed by atoms with Gasteiger partial charge < -0.3 is 5.73 Å². The topological polar surface area (TPSA) is 66.9 Å². The van der Waals surface area contributed by atoms with E-state index in [1.165, 1.54) is 0 Å². The monoisotopic (exact) mass is 98.0 g/mol. The predicted molar refractivity (Wildman–Crippen MR) is 27.1 cm³/mol. The lowest BCUT2D eigenvalue weighted by atomic mass is 10.4. The summed E-state index contributed by atoms with van der Waals surface area (Å²) in [6.07, 6.45) is 1.10. The molecular weight excluding hydrogens is 92.1 g/mol. The van der Waals surface area contributed by atoms with E-state index < -0.39 is 5.91 Å². The molecule has 0 bridgehead atoms. The lowest BCUT2D eigenvalue weighted by molar-refractivity contribution is -0.111. The molecule has 0 aliphatic carbocycles. The van der Waals surface area contributed by atoms with Gasteiger partial charge in [0, 0.05) is 0 Å². The maximum Gasteiger partial charge on any atom is 0.266 e. The van der Waals surface area contributed by atoms with Crippen LogP contribution in [0.25, 0.3) is 0 Å². The molecule has 0 spiro atoms. The Balaban J connectivity index is 3.81. The Morgan fingerprint density at radius 2 is 2.29 bits per heavy atom. The van der Waals surface area contributed by atoms with Crippen molar-refractivity contribution in [3.8, 4) is 0 Å². The summed E-state index contributed by atoms with van der Waals surface area (Å²) in [5.41, 5.74) is 4.36. The summed E-state index contributed by atoms with van der Waals surface area (Å²) in [4.78, 5) is 9.86. The zero-order valence-corrected chi connectivity index (χ0v) is 3.77. The number of hydrogen-bond acceptors (Lipinski definition) is 2. The van der Waals surface area contributed by atoms with Crippen LogP contribution in [-0.2, 0) is 4.79 Å². The van der Waals surface area contributed by atoms with E-state index in [0.717, 1.165) is 6.08 Å². The average molecular weight is 98.1 g/mol. The molecule has 0 aromatic heterocycles. The quantitative estimate of drug-likeness (QED) is 0.456. The van der Waals surface area contributed by atoms with Crippen molar-refractivity contribution in [1.29, 1.82) is 5.41 Å². The summed E-state index contributed by atoms with van der Waals surface area (Å²) < 4.78 is 0. The van der Waals surface area contributed by atoms with Crippen molar-refractivity contribution in [1.82, 2.24) is 0 Å². The van der Waals surface area contributed by atoms with Crippen molar-refractivity contribution in [3.05, 3.63) is 12.7 Å². The van der Waals surface area contributed by atoms with E-state index in [1.54, 1.807) is 0 Å². The fourth-order valence-electron chi connectivity index (χ4n) is 0.101. The van der Waals surface area contributed by atoms with Gasteiger partial charge in [0.15, 0.2) is 0 Å². The lowest BCUT2D eigenvalue weighted by Gasteiger charge is -1.82. The van der Waals surface area contributed by atoms with E-state index in [1.807, 2.05) is 0 Å². The fraction of sp³-hybridized carbons (Fsp3) is 0. The van der Waals surface area contributed by atoms with Gasteiger partial charge in [0.25, 0.3) is 5.91 Å². The molecule has 3 heteroatoms. The molecule has 0 aliphatic heterocycles. The molecule has 0 radical (unpaired) electrons. The summed E-state index contributed by atoms with van der Waals surface area (Å²) in [5.74, 6) is -0.741. The van der Waals surface area contributed by atoms with E-state index in [0.29, 0.717) is 0 Å². The summed E-state index contributed by atoms with van der Waals surface area (Å²) in [6, 6.07) is 0. The lowest BCUT2D eigenvalue weighted by Crippen LogP contribution is -2.19. The Morgan fingerprint density at radius 1 is 1.86 bits per heavy atom. The molecule has 1 amide bonds. The second-order valence-electron chi connectivity index (χ2n) is 0.982.